The van der Waals surface area contributed by atoms with Crippen molar-refractivity contribution in [2.75, 3.05) is 5.75 Å². The van der Waals surface area contributed by atoms with Crippen LogP contribution in [0.2, 0.25) is 0 Å². The van der Waals surface area contributed by atoms with Crippen molar-refractivity contribution in [2.24, 2.45) is 0 Å². The third kappa shape index (κ3) is 4.93. The molecule has 0 amide bonds. The van der Waals surface area contributed by atoms with E-state index in [4.69, 9.17) is 0 Å². The van der Waals surface area contributed by atoms with Gasteiger partial charge >= 0.3 is 0 Å². The Balaban J connectivity index is 1.82. The molecule has 0 aliphatic heterocycles. The first-order valence-corrected chi connectivity index (χ1v) is 7.58. The minimum absolute atomic E-state index is 0.246. The molecule has 0 aliphatic rings. The normalized spacial score (nSPS) is 12.4. The summed E-state index contributed by atoms with van der Waals surface area (Å²) >= 11 is 4.82. The molecule has 1 aromatic heterocycles. The zero-order valence-corrected chi connectivity index (χ0v) is 12.5. The van der Waals surface area contributed by atoms with Crippen LogP contribution in [0.3, 0.4) is 0 Å². The molecule has 2 aromatic rings. The van der Waals surface area contributed by atoms with Gasteiger partial charge in [0.05, 0.1) is 6.10 Å². The molecule has 0 spiro atoms. The Morgan fingerprint density at radius 2 is 1.95 bits per heavy atom. The first-order valence-electron chi connectivity index (χ1n) is 5.80. The molecule has 100 valence electrons. The molecule has 0 fully saturated rings. The van der Waals surface area contributed by atoms with Crippen LogP contribution in [0, 0.1) is 5.82 Å². The quantitative estimate of drug-likeness (QED) is 0.842. The molecule has 0 saturated carbocycles. The van der Waals surface area contributed by atoms with Gasteiger partial charge in [0.25, 0.3) is 0 Å². The van der Waals surface area contributed by atoms with Gasteiger partial charge in [-0.1, -0.05) is 0 Å². The fourth-order valence-electron chi connectivity index (χ4n) is 1.55. The van der Waals surface area contributed by atoms with Gasteiger partial charge in [0.15, 0.2) is 0 Å². The standard InChI is InChI=1S/C14H13BrFNOS/c15-10-1-4-12(17-8-10)7-13(18)9-19-14-5-2-11(16)3-6-14/h1-6,8,13,18H,7,9H2. The van der Waals surface area contributed by atoms with E-state index in [1.54, 1.807) is 18.3 Å². The number of rotatable bonds is 5. The summed E-state index contributed by atoms with van der Waals surface area (Å²) in [6, 6.07) is 10.1. The molecule has 1 unspecified atom stereocenters. The third-order valence-electron chi connectivity index (χ3n) is 2.49. The Morgan fingerprint density at radius 1 is 1.21 bits per heavy atom. The summed E-state index contributed by atoms with van der Waals surface area (Å²) in [6.45, 7) is 0. The van der Waals surface area contributed by atoms with E-state index < -0.39 is 6.10 Å². The molecule has 1 atom stereocenters. The molecule has 1 heterocycles. The minimum Gasteiger partial charge on any atom is -0.392 e. The largest absolute Gasteiger partial charge is 0.392 e. The molecule has 0 saturated heterocycles. The van der Waals surface area contributed by atoms with Gasteiger partial charge in [-0.15, -0.1) is 11.8 Å². The van der Waals surface area contributed by atoms with Gasteiger partial charge < -0.3 is 5.11 Å². The Labute approximate surface area is 124 Å². The van der Waals surface area contributed by atoms with E-state index in [9.17, 15) is 9.50 Å². The van der Waals surface area contributed by atoms with E-state index in [0.29, 0.717) is 12.2 Å². The lowest BCUT2D eigenvalue weighted by Crippen LogP contribution is -2.14. The molecule has 5 heteroatoms. The Bertz CT molecular complexity index is 518. The highest BCUT2D eigenvalue weighted by Crippen LogP contribution is 2.20. The second kappa shape index (κ2) is 7.03. The van der Waals surface area contributed by atoms with Gasteiger partial charge in [0.1, 0.15) is 5.82 Å². The van der Waals surface area contributed by atoms with Gasteiger partial charge in [-0.3, -0.25) is 4.98 Å². The molecular weight excluding hydrogens is 329 g/mol. The van der Waals surface area contributed by atoms with Gasteiger partial charge in [-0.05, 0) is 52.3 Å². The van der Waals surface area contributed by atoms with Gasteiger partial charge in [0, 0.05) is 33.4 Å². The number of benzene rings is 1. The first kappa shape index (κ1) is 14.5. The summed E-state index contributed by atoms with van der Waals surface area (Å²) in [7, 11) is 0. The van der Waals surface area contributed by atoms with E-state index in [0.717, 1.165) is 15.1 Å². The maximum absolute atomic E-state index is 12.7. The lowest BCUT2D eigenvalue weighted by atomic mass is 10.2. The van der Waals surface area contributed by atoms with E-state index in [-0.39, 0.29) is 5.82 Å². The summed E-state index contributed by atoms with van der Waals surface area (Å²) in [6.07, 6.45) is 1.76. The lowest BCUT2D eigenvalue weighted by Gasteiger charge is -2.09. The zero-order chi connectivity index (χ0) is 13.7. The number of aliphatic hydroxyl groups excluding tert-OH is 1. The third-order valence-corrected chi connectivity index (χ3v) is 4.12. The Kier molecular flexibility index (Phi) is 5.36. The van der Waals surface area contributed by atoms with Crippen molar-refractivity contribution in [3.8, 4) is 0 Å². The predicted octanol–water partition coefficient (Wildman–Crippen LogP) is 3.68. The predicted molar refractivity (Wildman–Crippen MR) is 78.8 cm³/mol. The second-order valence-corrected chi connectivity index (χ2v) is 6.10. The number of thioether (sulfide) groups is 1. The number of nitrogens with zero attached hydrogens (tertiary/aromatic N) is 1. The van der Waals surface area contributed by atoms with Crippen LogP contribution in [0.15, 0.2) is 52.0 Å². The Hall–Kier alpha value is -0.910. The highest BCUT2D eigenvalue weighted by molar-refractivity contribution is 9.10. The monoisotopic (exact) mass is 341 g/mol. The average Bonchev–Trinajstić information content (AvgIpc) is 2.41. The molecule has 2 nitrogen and oxygen atoms in total. The fourth-order valence-corrected chi connectivity index (χ4v) is 2.62. The number of pyridine rings is 1. The van der Waals surface area contributed by atoms with Crippen molar-refractivity contribution in [3.05, 3.63) is 58.6 Å². The van der Waals surface area contributed by atoms with Crippen LogP contribution >= 0.6 is 27.7 Å². The fraction of sp³-hybridized carbons (Fsp3) is 0.214. The van der Waals surface area contributed by atoms with Crippen LogP contribution < -0.4 is 0 Å². The van der Waals surface area contributed by atoms with Crippen molar-refractivity contribution in [3.63, 3.8) is 0 Å². The highest BCUT2D eigenvalue weighted by Gasteiger charge is 2.07. The number of hydrogen-bond donors (Lipinski definition) is 1. The first-order chi connectivity index (χ1) is 9.13. The summed E-state index contributed by atoms with van der Waals surface area (Å²) < 4.78 is 13.7. The Morgan fingerprint density at radius 3 is 2.58 bits per heavy atom. The van der Waals surface area contributed by atoms with E-state index in [2.05, 4.69) is 20.9 Å². The van der Waals surface area contributed by atoms with Crippen molar-refractivity contribution in [2.45, 2.75) is 17.4 Å². The smallest absolute Gasteiger partial charge is 0.123 e. The van der Waals surface area contributed by atoms with Gasteiger partial charge in [-0.25, -0.2) is 4.39 Å². The van der Waals surface area contributed by atoms with Crippen LogP contribution in [-0.2, 0) is 6.42 Å². The van der Waals surface area contributed by atoms with Crippen molar-refractivity contribution in [1.29, 1.82) is 0 Å². The van der Waals surface area contributed by atoms with Gasteiger partial charge in [-0.2, -0.15) is 0 Å². The van der Waals surface area contributed by atoms with E-state index >= 15 is 0 Å². The summed E-state index contributed by atoms with van der Waals surface area (Å²) in [5.74, 6) is 0.313. The molecular formula is C14H13BrFNOS. The van der Waals surface area contributed by atoms with Crippen molar-refractivity contribution >= 4 is 27.7 Å². The summed E-state index contributed by atoms with van der Waals surface area (Å²) in [5, 5.41) is 9.94. The molecule has 1 N–H and O–H groups in total. The summed E-state index contributed by atoms with van der Waals surface area (Å²) in [5.41, 5.74) is 0.857. The lowest BCUT2D eigenvalue weighted by molar-refractivity contribution is 0.199. The SMILES string of the molecule is OC(CSc1ccc(F)cc1)Cc1ccc(Br)cn1. The second-order valence-electron chi connectivity index (χ2n) is 4.09. The summed E-state index contributed by atoms with van der Waals surface area (Å²) in [4.78, 5) is 5.17. The van der Waals surface area contributed by atoms with Crippen LogP contribution in [0.25, 0.3) is 0 Å². The van der Waals surface area contributed by atoms with Crippen LogP contribution in [0.4, 0.5) is 4.39 Å². The number of hydrogen-bond acceptors (Lipinski definition) is 3. The number of aromatic nitrogens is 1. The molecule has 2 rings (SSSR count). The van der Waals surface area contributed by atoms with E-state index in [1.165, 1.54) is 23.9 Å². The molecule has 0 radical (unpaired) electrons. The van der Waals surface area contributed by atoms with Crippen LogP contribution in [0.1, 0.15) is 5.69 Å². The zero-order valence-electron chi connectivity index (χ0n) is 10.1. The van der Waals surface area contributed by atoms with Crippen LogP contribution in [-0.4, -0.2) is 21.9 Å². The van der Waals surface area contributed by atoms with Crippen molar-refractivity contribution < 1.29 is 9.50 Å². The van der Waals surface area contributed by atoms with E-state index in [1.807, 2.05) is 12.1 Å². The van der Waals surface area contributed by atoms with Crippen LogP contribution in [0.5, 0.6) is 0 Å². The average molecular weight is 342 g/mol. The topological polar surface area (TPSA) is 33.1 Å². The molecule has 0 bridgehead atoms. The van der Waals surface area contributed by atoms with Gasteiger partial charge in [0.2, 0.25) is 0 Å². The molecule has 0 aliphatic carbocycles. The highest BCUT2D eigenvalue weighted by atomic mass is 79.9. The minimum atomic E-state index is -0.469. The maximum Gasteiger partial charge on any atom is 0.123 e. The number of halogens is 2. The van der Waals surface area contributed by atoms with Crippen molar-refractivity contribution in [1.82, 2.24) is 4.98 Å². The number of aliphatic hydroxyl groups is 1. The molecule has 19 heavy (non-hydrogen) atoms. The maximum atomic E-state index is 12.7. The molecule has 1 aromatic carbocycles.